The van der Waals surface area contributed by atoms with Gasteiger partial charge in [-0.3, -0.25) is 4.79 Å². The van der Waals surface area contributed by atoms with Gasteiger partial charge in [0.1, 0.15) is 11.4 Å². The van der Waals surface area contributed by atoms with Gasteiger partial charge in [-0.05, 0) is 6.42 Å². The Labute approximate surface area is 182 Å². The number of carbonyl (C=O) groups excluding carboxylic acids is 1. The van der Waals surface area contributed by atoms with Crippen molar-refractivity contribution in [3.05, 3.63) is 35.7 Å². The molecule has 1 aliphatic heterocycles. The van der Waals surface area contributed by atoms with Crippen LogP contribution in [0, 0.1) is 11.6 Å². The predicted octanol–water partition coefficient (Wildman–Crippen LogP) is 1.29. The van der Waals surface area contributed by atoms with Crippen molar-refractivity contribution < 1.29 is 28.6 Å². The van der Waals surface area contributed by atoms with Crippen LogP contribution in [0.1, 0.15) is 18.5 Å². The number of rotatable bonds is 7. The number of carboxylic acid groups (broad SMARTS) is 1. The molecule has 1 saturated heterocycles. The van der Waals surface area contributed by atoms with E-state index < -0.39 is 17.7 Å². The molecule has 0 bridgehead atoms. The van der Waals surface area contributed by atoms with Gasteiger partial charge in [-0.15, -0.1) is 5.10 Å². The summed E-state index contributed by atoms with van der Waals surface area (Å²) in [5.74, 6) is -1.66. The number of nitrogens with zero attached hydrogens (tertiary/aromatic N) is 6. The third kappa shape index (κ3) is 5.41. The number of halogens is 2. The van der Waals surface area contributed by atoms with Gasteiger partial charge in [-0.1, -0.05) is 18.0 Å². The van der Waals surface area contributed by atoms with E-state index in [2.05, 4.69) is 23.1 Å². The first kappa shape index (κ1) is 22.7. The van der Waals surface area contributed by atoms with Gasteiger partial charge in [0.15, 0.2) is 11.6 Å². The molecule has 31 heavy (non-hydrogen) atoms. The molecular weight excluding hydrogens is 434 g/mol. The van der Waals surface area contributed by atoms with Gasteiger partial charge in [0, 0.05) is 51.3 Å². The van der Waals surface area contributed by atoms with Crippen LogP contribution in [0.5, 0.6) is 0 Å². The number of hydrogen-bond acceptors (Lipinski definition) is 7. The molecule has 13 heteroatoms. The normalized spacial score (nSPS) is 14.1. The molecule has 0 spiro atoms. The van der Waals surface area contributed by atoms with Crippen LogP contribution < -0.4 is 4.90 Å². The molecule has 2 N–H and O–H groups in total. The van der Waals surface area contributed by atoms with E-state index in [0.29, 0.717) is 23.8 Å². The molecule has 3 rings (SSSR count). The fourth-order valence-corrected chi connectivity index (χ4v) is 3.42. The van der Waals surface area contributed by atoms with Crippen molar-refractivity contribution in [1.82, 2.24) is 24.2 Å². The highest BCUT2D eigenvalue weighted by molar-refractivity contribution is 7.78. The van der Waals surface area contributed by atoms with Crippen molar-refractivity contribution in [2.45, 2.75) is 19.4 Å². The van der Waals surface area contributed by atoms with Crippen molar-refractivity contribution in [3.63, 3.8) is 0 Å². The zero-order chi connectivity index (χ0) is 22.5. The van der Waals surface area contributed by atoms with Crippen LogP contribution in [0.4, 0.5) is 19.3 Å². The van der Waals surface area contributed by atoms with Crippen molar-refractivity contribution in [1.29, 1.82) is 0 Å². The average molecular weight is 456 g/mol. The third-order valence-corrected chi connectivity index (χ3v) is 5.15. The largest absolute Gasteiger partial charge is 0.464 e. The van der Waals surface area contributed by atoms with Crippen molar-refractivity contribution in [2.24, 2.45) is 0 Å². The summed E-state index contributed by atoms with van der Waals surface area (Å²) in [5, 5.41) is 25.2. The van der Waals surface area contributed by atoms with Gasteiger partial charge in [0.05, 0.1) is 18.4 Å². The van der Waals surface area contributed by atoms with Crippen LogP contribution in [-0.2, 0) is 11.3 Å². The molecule has 2 heterocycles. The van der Waals surface area contributed by atoms with E-state index in [9.17, 15) is 18.4 Å². The Bertz CT molecular complexity index is 928. The van der Waals surface area contributed by atoms with Gasteiger partial charge in [0.25, 0.3) is 0 Å². The van der Waals surface area contributed by atoms with Crippen molar-refractivity contribution in [3.8, 4) is 5.69 Å². The minimum absolute atomic E-state index is 0.0613. The van der Waals surface area contributed by atoms with E-state index in [1.807, 2.05) is 0 Å². The van der Waals surface area contributed by atoms with Gasteiger partial charge in [-0.2, -0.15) is 0 Å². The summed E-state index contributed by atoms with van der Waals surface area (Å²) in [7, 11) is 0. The molecule has 1 aromatic carbocycles. The lowest BCUT2D eigenvalue weighted by molar-refractivity contribution is -0.131. The maximum Gasteiger partial charge on any atom is 0.417 e. The summed E-state index contributed by atoms with van der Waals surface area (Å²) in [6, 6.07) is 2.23. The standard InChI is InChI=1S/C18H22F2N6O4S/c19-14-8-13(25-10-12(21-22-25)11-26(31)18(29)30)9-15(20)17(14)24-5-3-23(4-6-24)16(28)2-1-7-27/h8-10,27,31H,1-7,11H2,(H,29,30). The summed E-state index contributed by atoms with van der Waals surface area (Å²) in [4.78, 5) is 26.0. The summed E-state index contributed by atoms with van der Waals surface area (Å²) >= 11 is 3.77. The van der Waals surface area contributed by atoms with Crippen LogP contribution in [0.25, 0.3) is 5.69 Å². The van der Waals surface area contributed by atoms with E-state index in [1.54, 1.807) is 9.80 Å². The second-order valence-electron chi connectivity index (χ2n) is 6.95. The molecule has 0 radical (unpaired) electrons. The van der Waals surface area contributed by atoms with Crippen molar-refractivity contribution >= 4 is 30.5 Å². The Morgan fingerprint density at radius 2 is 1.81 bits per heavy atom. The maximum absolute atomic E-state index is 14.8. The van der Waals surface area contributed by atoms with Crippen molar-refractivity contribution in [2.75, 3.05) is 37.7 Å². The van der Waals surface area contributed by atoms with Crippen LogP contribution in [0.2, 0.25) is 0 Å². The molecule has 0 saturated carbocycles. The lowest BCUT2D eigenvalue weighted by atomic mass is 10.2. The number of carbonyl (C=O) groups is 2. The molecule has 2 aromatic rings. The summed E-state index contributed by atoms with van der Waals surface area (Å²) < 4.78 is 31.4. The highest BCUT2D eigenvalue weighted by atomic mass is 32.1. The first-order chi connectivity index (χ1) is 14.8. The minimum Gasteiger partial charge on any atom is -0.464 e. The number of aliphatic hydroxyl groups is 1. The Morgan fingerprint density at radius 1 is 1.16 bits per heavy atom. The molecular formula is C18H22F2N6O4S. The SMILES string of the molecule is O=C(O)N(S)Cc1cn(-c2cc(F)c(N3CCN(C(=O)CCCO)CC3)c(F)c2)nn1. The van der Waals surface area contributed by atoms with Crippen LogP contribution in [-0.4, -0.2) is 79.2 Å². The zero-order valence-electron chi connectivity index (χ0n) is 16.5. The Kier molecular flexibility index (Phi) is 7.28. The Hall–Kier alpha value is -2.93. The van der Waals surface area contributed by atoms with E-state index >= 15 is 0 Å². The number of thiol groups is 1. The average Bonchev–Trinajstić information content (AvgIpc) is 3.20. The minimum atomic E-state index is -1.27. The number of anilines is 1. The van der Waals surface area contributed by atoms with Crippen LogP contribution in [0.3, 0.4) is 0 Å². The highest BCUT2D eigenvalue weighted by Crippen LogP contribution is 2.27. The third-order valence-electron chi connectivity index (χ3n) is 4.84. The number of aromatic nitrogens is 3. The smallest absolute Gasteiger partial charge is 0.417 e. The molecule has 1 fully saturated rings. The number of amides is 2. The molecule has 168 valence electrons. The maximum atomic E-state index is 14.8. The Balaban J connectivity index is 1.70. The molecule has 1 aliphatic rings. The molecule has 0 aliphatic carbocycles. The van der Waals surface area contributed by atoms with Gasteiger partial charge < -0.3 is 20.0 Å². The topological polar surface area (TPSA) is 115 Å². The summed E-state index contributed by atoms with van der Waals surface area (Å²) in [6.45, 7) is 1.01. The first-order valence-electron chi connectivity index (χ1n) is 9.53. The monoisotopic (exact) mass is 456 g/mol. The fraction of sp³-hybridized carbons (Fsp3) is 0.444. The lowest BCUT2D eigenvalue weighted by Gasteiger charge is -2.36. The van der Waals surface area contributed by atoms with E-state index in [1.165, 1.54) is 6.20 Å². The Morgan fingerprint density at radius 3 is 2.39 bits per heavy atom. The molecule has 1 aromatic heterocycles. The van der Waals surface area contributed by atoms with Gasteiger partial charge in [-0.25, -0.2) is 22.6 Å². The van der Waals surface area contributed by atoms with Crippen LogP contribution >= 0.6 is 12.8 Å². The summed E-state index contributed by atoms with van der Waals surface area (Å²) in [5.41, 5.74) is 0.166. The van der Waals surface area contributed by atoms with Crippen LogP contribution in [0.15, 0.2) is 18.3 Å². The predicted molar refractivity (Wildman–Crippen MR) is 109 cm³/mol. The number of piperazine rings is 1. The zero-order valence-corrected chi connectivity index (χ0v) is 17.4. The summed E-state index contributed by atoms with van der Waals surface area (Å²) in [6.07, 6.45) is 0.715. The number of hydrogen-bond donors (Lipinski definition) is 3. The second kappa shape index (κ2) is 9.92. The molecule has 0 unspecified atom stereocenters. The van der Waals surface area contributed by atoms with E-state index in [-0.39, 0.29) is 55.6 Å². The molecule has 0 atom stereocenters. The molecule has 10 nitrogen and oxygen atoms in total. The lowest BCUT2D eigenvalue weighted by Crippen LogP contribution is -2.49. The molecule has 2 amide bonds. The quantitative estimate of drug-likeness (QED) is 0.538. The second-order valence-corrected chi connectivity index (χ2v) is 7.43. The van der Waals surface area contributed by atoms with E-state index in [0.717, 1.165) is 16.8 Å². The van der Waals surface area contributed by atoms with E-state index in [4.69, 9.17) is 10.2 Å². The van der Waals surface area contributed by atoms with Gasteiger partial charge in [0.2, 0.25) is 5.91 Å². The first-order valence-corrected chi connectivity index (χ1v) is 9.93. The number of aliphatic hydroxyl groups excluding tert-OH is 1. The fourth-order valence-electron chi connectivity index (χ4n) is 3.27. The highest BCUT2D eigenvalue weighted by Gasteiger charge is 2.25. The number of benzene rings is 1. The van der Waals surface area contributed by atoms with Gasteiger partial charge >= 0.3 is 6.09 Å².